The Morgan fingerprint density at radius 1 is 1.50 bits per heavy atom. The van der Waals surface area contributed by atoms with Crippen molar-refractivity contribution in [3.05, 3.63) is 35.6 Å². The van der Waals surface area contributed by atoms with Gasteiger partial charge >= 0.3 is 0 Å². The van der Waals surface area contributed by atoms with Crippen molar-refractivity contribution in [3.8, 4) is 0 Å². The molecule has 0 radical (unpaired) electrons. The van der Waals surface area contributed by atoms with E-state index in [1.807, 2.05) is 0 Å². The van der Waals surface area contributed by atoms with Crippen LogP contribution in [0.4, 0.5) is 4.39 Å². The first-order chi connectivity index (χ1) is 5.61. The Kier molecular flexibility index (Phi) is 2.78. The van der Waals surface area contributed by atoms with Crippen LogP contribution in [0.2, 0.25) is 0 Å². The number of aliphatic hydroxyl groups excluding tert-OH is 1. The van der Waals surface area contributed by atoms with E-state index < -0.39 is 6.10 Å². The summed E-state index contributed by atoms with van der Waals surface area (Å²) in [6, 6.07) is 5.44. The molecule has 2 unspecified atom stereocenters. The van der Waals surface area contributed by atoms with Crippen molar-refractivity contribution in [2.45, 2.75) is 19.1 Å². The molecule has 0 aliphatic rings. The molecule has 3 heteroatoms. The van der Waals surface area contributed by atoms with E-state index in [9.17, 15) is 9.50 Å². The van der Waals surface area contributed by atoms with Crippen molar-refractivity contribution in [1.29, 1.82) is 0 Å². The Balaban J connectivity index is 2.88. The highest BCUT2D eigenvalue weighted by atomic mass is 19.1. The van der Waals surface area contributed by atoms with Crippen LogP contribution in [0.15, 0.2) is 24.3 Å². The molecule has 0 saturated heterocycles. The molecular weight excluding hydrogens is 157 g/mol. The van der Waals surface area contributed by atoms with Crippen LogP contribution in [0, 0.1) is 5.82 Å². The molecule has 0 heterocycles. The van der Waals surface area contributed by atoms with Gasteiger partial charge in [0, 0.05) is 6.04 Å². The number of rotatable bonds is 2. The normalized spacial score (nSPS) is 15.7. The van der Waals surface area contributed by atoms with Crippen LogP contribution in [0.5, 0.6) is 0 Å². The molecule has 0 amide bonds. The molecule has 0 spiro atoms. The molecule has 0 bridgehead atoms. The van der Waals surface area contributed by atoms with Crippen LogP contribution >= 0.6 is 0 Å². The van der Waals surface area contributed by atoms with E-state index in [4.69, 9.17) is 5.73 Å². The third-order valence-electron chi connectivity index (χ3n) is 1.69. The van der Waals surface area contributed by atoms with E-state index in [-0.39, 0.29) is 11.9 Å². The van der Waals surface area contributed by atoms with E-state index in [1.54, 1.807) is 19.1 Å². The van der Waals surface area contributed by atoms with Crippen molar-refractivity contribution in [3.63, 3.8) is 0 Å². The maximum atomic E-state index is 12.6. The third kappa shape index (κ3) is 2.03. The summed E-state index contributed by atoms with van der Waals surface area (Å²) in [5, 5.41) is 9.43. The van der Waals surface area contributed by atoms with Crippen LogP contribution in [-0.4, -0.2) is 11.1 Å². The molecule has 1 aromatic carbocycles. The number of nitrogens with two attached hydrogens (primary N) is 1. The van der Waals surface area contributed by atoms with Crippen molar-refractivity contribution in [2.24, 2.45) is 5.73 Å². The zero-order chi connectivity index (χ0) is 9.14. The first-order valence-corrected chi connectivity index (χ1v) is 3.80. The summed E-state index contributed by atoms with van der Waals surface area (Å²) >= 11 is 0. The van der Waals surface area contributed by atoms with Gasteiger partial charge in [-0.1, -0.05) is 12.1 Å². The zero-order valence-electron chi connectivity index (χ0n) is 6.87. The molecule has 0 aliphatic heterocycles. The van der Waals surface area contributed by atoms with Gasteiger partial charge in [0.25, 0.3) is 0 Å². The largest absolute Gasteiger partial charge is 0.387 e. The van der Waals surface area contributed by atoms with Gasteiger partial charge in [0.2, 0.25) is 0 Å². The van der Waals surface area contributed by atoms with Gasteiger partial charge in [0.1, 0.15) is 5.82 Å². The van der Waals surface area contributed by atoms with Crippen LogP contribution < -0.4 is 5.73 Å². The Hall–Kier alpha value is -0.930. The van der Waals surface area contributed by atoms with E-state index >= 15 is 0 Å². The summed E-state index contributed by atoms with van der Waals surface area (Å²) in [7, 11) is 0. The highest BCUT2D eigenvalue weighted by molar-refractivity contribution is 5.19. The zero-order valence-corrected chi connectivity index (χ0v) is 6.87. The maximum Gasteiger partial charge on any atom is 0.123 e. The number of hydrogen-bond donors (Lipinski definition) is 2. The minimum Gasteiger partial charge on any atom is -0.387 e. The Labute approximate surface area is 70.8 Å². The first-order valence-electron chi connectivity index (χ1n) is 3.80. The highest BCUT2D eigenvalue weighted by Gasteiger charge is 2.11. The lowest BCUT2D eigenvalue weighted by atomic mass is 10.0. The van der Waals surface area contributed by atoms with Crippen molar-refractivity contribution < 1.29 is 9.50 Å². The quantitative estimate of drug-likeness (QED) is 0.699. The molecule has 2 atom stereocenters. The van der Waals surface area contributed by atoms with Gasteiger partial charge in [0.15, 0.2) is 0 Å². The molecule has 0 aromatic heterocycles. The Bertz CT molecular complexity index is 262. The maximum absolute atomic E-state index is 12.6. The van der Waals surface area contributed by atoms with E-state index in [2.05, 4.69) is 0 Å². The molecule has 66 valence electrons. The summed E-state index contributed by atoms with van der Waals surface area (Å²) < 4.78 is 12.6. The molecule has 1 aromatic rings. The summed E-state index contributed by atoms with van der Waals surface area (Å²) in [6.45, 7) is 1.68. The standard InChI is InChI=1S/C9H12FNO/c1-6(11)9(12)7-3-2-4-8(10)5-7/h2-6,9,12H,11H2,1H3. The summed E-state index contributed by atoms with van der Waals surface area (Å²) in [4.78, 5) is 0. The van der Waals surface area contributed by atoms with Crippen LogP contribution in [-0.2, 0) is 0 Å². The van der Waals surface area contributed by atoms with Crippen molar-refractivity contribution in [1.82, 2.24) is 0 Å². The lowest BCUT2D eigenvalue weighted by Crippen LogP contribution is -2.24. The summed E-state index contributed by atoms with van der Waals surface area (Å²) in [5.74, 6) is -0.354. The Morgan fingerprint density at radius 2 is 2.17 bits per heavy atom. The van der Waals surface area contributed by atoms with Crippen LogP contribution in [0.3, 0.4) is 0 Å². The lowest BCUT2D eigenvalue weighted by molar-refractivity contribution is 0.153. The average molecular weight is 169 g/mol. The summed E-state index contributed by atoms with van der Waals surface area (Å²) in [5.41, 5.74) is 5.96. The van der Waals surface area contributed by atoms with E-state index in [0.29, 0.717) is 5.56 Å². The predicted octanol–water partition coefficient (Wildman–Crippen LogP) is 1.21. The van der Waals surface area contributed by atoms with Crippen molar-refractivity contribution >= 4 is 0 Å². The van der Waals surface area contributed by atoms with Gasteiger partial charge in [-0.3, -0.25) is 0 Å². The van der Waals surface area contributed by atoms with Gasteiger partial charge in [-0.25, -0.2) is 4.39 Å². The second-order valence-corrected chi connectivity index (χ2v) is 2.86. The third-order valence-corrected chi connectivity index (χ3v) is 1.69. The lowest BCUT2D eigenvalue weighted by Gasteiger charge is -2.14. The fraction of sp³-hybridized carbons (Fsp3) is 0.333. The van der Waals surface area contributed by atoms with E-state index in [0.717, 1.165) is 0 Å². The SMILES string of the molecule is CC(N)C(O)c1cccc(F)c1. The highest BCUT2D eigenvalue weighted by Crippen LogP contribution is 2.15. The second-order valence-electron chi connectivity index (χ2n) is 2.86. The fourth-order valence-corrected chi connectivity index (χ4v) is 0.994. The molecule has 12 heavy (non-hydrogen) atoms. The molecule has 0 fully saturated rings. The number of hydrogen-bond acceptors (Lipinski definition) is 2. The first kappa shape index (κ1) is 9.16. The summed E-state index contributed by atoms with van der Waals surface area (Å²) in [6.07, 6.45) is -0.791. The number of halogens is 1. The number of benzene rings is 1. The fourth-order valence-electron chi connectivity index (χ4n) is 0.994. The van der Waals surface area contributed by atoms with Gasteiger partial charge < -0.3 is 10.8 Å². The molecule has 0 aliphatic carbocycles. The van der Waals surface area contributed by atoms with Crippen molar-refractivity contribution in [2.75, 3.05) is 0 Å². The molecule has 1 rings (SSSR count). The smallest absolute Gasteiger partial charge is 0.123 e. The number of aliphatic hydroxyl groups is 1. The van der Waals surface area contributed by atoms with Crippen LogP contribution in [0.25, 0.3) is 0 Å². The average Bonchev–Trinajstić information content (AvgIpc) is 2.03. The minimum absolute atomic E-state index is 0.354. The second kappa shape index (κ2) is 3.65. The minimum atomic E-state index is -0.791. The molecule has 3 N–H and O–H groups in total. The van der Waals surface area contributed by atoms with Gasteiger partial charge in [0.05, 0.1) is 6.10 Å². The van der Waals surface area contributed by atoms with Crippen LogP contribution in [0.1, 0.15) is 18.6 Å². The molecule has 0 saturated carbocycles. The molecular formula is C9H12FNO. The topological polar surface area (TPSA) is 46.2 Å². The van der Waals surface area contributed by atoms with Gasteiger partial charge in [-0.2, -0.15) is 0 Å². The monoisotopic (exact) mass is 169 g/mol. The van der Waals surface area contributed by atoms with Gasteiger partial charge in [-0.05, 0) is 24.6 Å². The van der Waals surface area contributed by atoms with E-state index in [1.165, 1.54) is 12.1 Å². The predicted molar refractivity (Wildman–Crippen MR) is 45.0 cm³/mol. The molecule has 2 nitrogen and oxygen atoms in total. The Morgan fingerprint density at radius 3 is 2.67 bits per heavy atom. The van der Waals surface area contributed by atoms with Gasteiger partial charge in [-0.15, -0.1) is 0 Å².